The number of methoxy groups -OCH3 is 2. The summed E-state index contributed by atoms with van der Waals surface area (Å²) in [6.07, 6.45) is 6.21. The van der Waals surface area contributed by atoms with Gasteiger partial charge in [0.15, 0.2) is 0 Å². The Morgan fingerprint density at radius 1 is 0.885 bits per heavy atom. The number of aromatic amines is 2. The van der Waals surface area contributed by atoms with Gasteiger partial charge in [-0.05, 0) is 96.5 Å². The van der Waals surface area contributed by atoms with Crippen molar-refractivity contribution in [3.63, 3.8) is 0 Å². The molecule has 1 aliphatic carbocycles. The molecule has 9 rings (SSSR count). The molecule has 6 atom stereocenters. The lowest BCUT2D eigenvalue weighted by molar-refractivity contribution is -0.137. The number of carbonyl (C=O) groups excluding carboxylic acids is 2. The summed E-state index contributed by atoms with van der Waals surface area (Å²) in [7, 11) is 2.80. The van der Waals surface area contributed by atoms with Crippen LogP contribution in [0.5, 0.6) is 0 Å². The second kappa shape index (κ2) is 13.1. The molecule has 11 heteroatoms. The molecule has 2 aromatic heterocycles. The standard InChI is InChI=1S/C41H43N7O4/c1-22(51-2)35(47-41(50)52-3)40(49)48-16-4-5-34(48)38-44-32-15-12-27-18-26(11-14-31(27)37(32)46-38)23-6-7-25-19-28(9-8-24(25)17-23)33-21-42-39(45-33)36-29-10-13-30(20-29)43-36/h6-9,11-12,14-15,17-19,21-22,29-30,34-36,43H,4-5,10,13,16,20H2,1-3H3,(H,42,45)(H,44,46)(H,47,50)/t22-,29+,30-,34?,35+,36+/m1/s1. The highest BCUT2D eigenvalue weighted by Gasteiger charge is 2.41. The van der Waals surface area contributed by atoms with Gasteiger partial charge in [0.25, 0.3) is 0 Å². The number of fused-ring (bicyclic) bond motifs is 6. The first-order chi connectivity index (χ1) is 25.4. The molecular formula is C41H43N7O4. The largest absolute Gasteiger partial charge is 0.453 e. The number of alkyl carbamates (subject to hydrolysis) is 1. The van der Waals surface area contributed by atoms with E-state index in [4.69, 9.17) is 19.4 Å². The van der Waals surface area contributed by atoms with E-state index >= 15 is 0 Å². The van der Waals surface area contributed by atoms with E-state index in [1.54, 1.807) is 11.8 Å². The predicted octanol–water partition coefficient (Wildman–Crippen LogP) is 7.16. The van der Waals surface area contributed by atoms with Gasteiger partial charge in [-0.1, -0.05) is 42.5 Å². The topological polar surface area (TPSA) is 137 Å². The minimum atomic E-state index is -0.877. The predicted molar refractivity (Wildman–Crippen MR) is 201 cm³/mol. The van der Waals surface area contributed by atoms with Gasteiger partial charge < -0.3 is 35.0 Å². The van der Waals surface area contributed by atoms with E-state index in [1.165, 1.54) is 44.3 Å². The van der Waals surface area contributed by atoms with Gasteiger partial charge in [0.05, 0.1) is 48.2 Å². The van der Waals surface area contributed by atoms with Crippen LogP contribution < -0.4 is 10.6 Å². The normalized spacial score (nSPS) is 22.4. The maximum atomic E-state index is 13.7. The van der Waals surface area contributed by atoms with Crippen molar-refractivity contribution in [2.45, 2.75) is 69.3 Å². The molecule has 2 amide bonds. The number of benzene rings is 4. The number of hydrogen-bond acceptors (Lipinski definition) is 7. The van der Waals surface area contributed by atoms with Gasteiger partial charge in [0, 0.05) is 30.6 Å². The highest BCUT2D eigenvalue weighted by molar-refractivity contribution is 6.05. The molecule has 4 N–H and O–H groups in total. The van der Waals surface area contributed by atoms with Crippen LogP contribution in [0.1, 0.15) is 62.8 Å². The van der Waals surface area contributed by atoms with E-state index in [2.05, 4.69) is 87.3 Å². The third-order valence-electron chi connectivity index (χ3n) is 11.6. The first-order valence-electron chi connectivity index (χ1n) is 18.3. The highest BCUT2D eigenvalue weighted by atomic mass is 16.5. The van der Waals surface area contributed by atoms with Gasteiger partial charge in [0.2, 0.25) is 5.91 Å². The van der Waals surface area contributed by atoms with Crippen molar-refractivity contribution in [3.05, 3.63) is 84.6 Å². The Balaban J connectivity index is 0.960. The van der Waals surface area contributed by atoms with Gasteiger partial charge in [0.1, 0.15) is 17.7 Å². The molecule has 52 heavy (non-hydrogen) atoms. The molecule has 0 radical (unpaired) electrons. The zero-order valence-corrected chi connectivity index (χ0v) is 29.6. The molecule has 3 aliphatic rings. The number of H-pyrrole nitrogens is 2. The van der Waals surface area contributed by atoms with E-state index in [1.807, 2.05) is 6.20 Å². The van der Waals surface area contributed by atoms with E-state index < -0.39 is 18.2 Å². The highest BCUT2D eigenvalue weighted by Crippen LogP contribution is 2.43. The second-order valence-electron chi connectivity index (χ2n) is 14.6. The summed E-state index contributed by atoms with van der Waals surface area (Å²) >= 11 is 0. The van der Waals surface area contributed by atoms with E-state index in [-0.39, 0.29) is 11.9 Å². The molecule has 4 aromatic carbocycles. The second-order valence-corrected chi connectivity index (χ2v) is 14.6. The van der Waals surface area contributed by atoms with Crippen LogP contribution in [0.15, 0.2) is 72.9 Å². The molecule has 1 unspecified atom stereocenters. The van der Waals surface area contributed by atoms with Gasteiger partial charge in [-0.15, -0.1) is 0 Å². The van der Waals surface area contributed by atoms with E-state index in [0.717, 1.165) is 68.7 Å². The molecule has 1 saturated carbocycles. The molecule has 266 valence electrons. The Bertz CT molecular complexity index is 2330. The lowest BCUT2D eigenvalue weighted by Crippen LogP contribution is -2.54. The summed E-state index contributed by atoms with van der Waals surface area (Å²) in [5, 5.41) is 10.9. The number of nitrogens with zero attached hydrogens (tertiary/aromatic N) is 3. The number of nitrogens with one attached hydrogen (secondary N) is 4. The Morgan fingerprint density at radius 2 is 1.63 bits per heavy atom. The maximum Gasteiger partial charge on any atom is 0.407 e. The average molecular weight is 698 g/mol. The number of ether oxygens (including phenoxy) is 2. The Kier molecular flexibility index (Phi) is 8.19. The zero-order chi connectivity index (χ0) is 35.5. The molecule has 4 heterocycles. The van der Waals surface area contributed by atoms with Crippen LogP contribution in [0.4, 0.5) is 4.79 Å². The third-order valence-corrected chi connectivity index (χ3v) is 11.6. The zero-order valence-electron chi connectivity index (χ0n) is 29.6. The lowest BCUT2D eigenvalue weighted by Gasteiger charge is -2.30. The monoisotopic (exact) mass is 697 g/mol. The van der Waals surface area contributed by atoms with Crippen LogP contribution in [0.2, 0.25) is 0 Å². The van der Waals surface area contributed by atoms with Crippen LogP contribution in [0, 0.1) is 5.92 Å². The molecule has 6 aromatic rings. The first kappa shape index (κ1) is 32.6. The van der Waals surface area contributed by atoms with Crippen molar-refractivity contribution >= 4 is 44.6 Å². The Morgan fingerprint density at radius 3 is 2.38 bits per heavy atom. The fourth-order valence-corrected chi connectivity index (χ4v) is 8.75. The quantitative estimate of drug-likeness (QED) is 0.132. The minimum absolute atomic E-state index is 0.220. The summed E-state index contributed by atoms with van der Waals surface area (Å²) in [5.41, 5.74) is 6.27. The van der Waals surface area contributed by atoms with Gasteiger partial charge in [-0.3, -0.25) is 4.79 Å². The fraction of sp³-hybridized carbons (Fsp3) is 0.366. The van der Waals surface area contributed by atoms with E-state index in [0.29, 0.717) is 24.5 Å². The molecule has 0 spiro atoms. The van der Waals surface area contributed by atoms with Crippen LogP contribution >= 0.6 is 0 Å². The molecular weight excluding hydrogens is 654 g/mol. The van der Waals surface area contributed by atoms with Crippen molar-refractivity contribution in [2.75, 3.05) is 20.8 Å². The number of carbonyl (C=O) groups is 2. The Hall–Kier alpha value is -5.26. The van der Waals surface area contributed by atoms with E-state index in [9.17, 15) is 9.59 Å². The molecule has 3 fully saturated rings. The number of likely N-dealkylation sites (tertiary alicyclic amines) is 1. The average Bonchev–Trinajstić information content (AvgIpc) is 4.03. The van der Waals surface area contributed by atoms with Gasteiger partial charge in [-0.2, -0.15) is 0 Å². The summed E-state index contributed by atoms with van der Waals surface area (Å²) in [5.74, 6) is 2.27. The summed E-state index contributed by atoms with van der Waals surface area (Å²) in [6.45, 7) is 2.32. The van der Waals surface area contributed by atoms with Crippen LogP contribution in [-0.2, 0) is 14.3 Å². The smallest absolute Gasteiger partial charge is 0.407 e. The van der Waals surface area contributed by atoms with Gasteiger partial charge >= 0.3 is 6.09 Å². The number of aromatic nitrogens is 4. The van der Waals surface area contributed by atoms with Crippen LogP contribution in [0.3, 0.4) is 0 Å². The van der Waals surface area contributed by atoms with Crippen LogP contribution in [-0.4, -0.2) is 75.8 Å². The molecule has 2 aliphatic heterocycles. The number of rotatable bonds is 8. The van der Waals surface area contributed by atoms with Crippen molar-refractivity contribution < 1.29 is 19.1 Å². The number of imidazole rings is 2. The SMILES string of the molecule is COC(=O)N[C@H](C(=O)N1CCCC1c1nc2c(ccc3cc(-c4ccc5cc(-c6cnc([C@H]7N[C@@H]8CC[C@H]7C8)[nH]6)ccc5c4)ccc32)[nH]1)[C@@H](C)OC. The molecule has 2 bridgehead atoms. The number of amides is 2. The number of piperidine rings is 1. The lowest BCUT2D eigenvalue weighted by atomic mass is 9.97. The maximum absolute atomic E-state index is 13.7. The van der Waals surface area contributed by atoms with Crippen molar-refractivity contribution in [1.29, 1.82) is 0 Å². The van der Waals surface area contributed by atoms with Crippen molar-refractivity contribution in [3.8, 4) is 22.4 Å². The van der Waals surface area contributed by atoms with Crippen molar-refractivity contribution in [2.24, 2.45) is 5.92 Å². The molecule has 2 saturated heterocycles. The first-order valence-corrected chi connectivity index (χ1v) is 18.3. The van der Waals surface area contributed by atoms with Crippen molar-refractivity contribution in [1.82, 2.24) is 35.5 Å². The fourth-order valence-electron chi connectivity index (χ4n) is 8.75. The summed E-state index contributed by atoms with van der Waals surface area (Å²) in [6, 6.07) is 23.8. The summed E-state index contributed by atoms with van der Waals surface area (Å²) in [4.78, 5) is 44.5. The number of hydrogen-bond donors (Lipinski definition) is 4. The third kappa shape index (κ3) is 5.68. The minimum Gasteiger partial charge on any atom is -0.453 e. The van der Waals surface area contributed by atoms with Gasteiger partial charge in [-0.25, -0.2) is 14.8 Å². The Labute approximate surface area is 301 Å². The summed E-state index contributed by atoms with van der Waals surface area (Å²) < 4.78 is 10.2. The molecule has 11 nitrogen and oxygen atoms in total. The van der Waals surface area contributed by atoms with Crippen LogP contribution in [0.25, 0.3) is 55.0 Å².